The van der Waals surface area contributed by atoms with Crippen molar-refractivity contribution in [2.24, 2.45) is 38.9 Å². The molecule has 1 aromatic heterocycles. The van der Waals surface area contributed by atoms with E-state index in [9.17, 15) is 14.7 Å². The van der Waals surface area contributed by atoms with Gasteiger partial charge in [-0.2, -0.15) is 0 Å². The Hall–Kier alpha value is -2.88. The van der Waals surface area contributed by atoms with Gasteiger partial charge in [-0.3, -0.25) is 9.59 Å². The van der Waals surface area contributed by atoms with Gasteiger partial charge in [0, 0.05) is 22.5 Å². The van der Waals surface area contributed by atoms with Gasteiger partial charge in [-0.1, -0.05) is 78.0 Å². The predicted molar refractivity (Wildman–Crippen MR) is 165 cm³/mol. The molecule has 0 radical (unpaired) electrons. The first-order valence-corrected chi connectivity index (χ1v) is 16.0. The van der Waals surface area contributed by atoms with E-state index in [-0.39, 0.29) is 38.8 Å². The van der Waals surface area contributed by atoms with Crippen molar-refractivity contribution < 1.29 is 19.1 Å². The van der Waals surface area contributed by atoms with Crippen LogP contribution in [0.5, 0.6) is 0 Å². The zero-order valence-corrected chi connectivity index (χ0v) is 26.4. The number of aliphatic carboxylic acids is 1. The van der Waals surface area contributed by atoms with Gasteiger partial charge in [-0.25, -0.2) is 0 Å². The largest absolute Gasteiger partial charge is 0.481 e. The second-order valence-corrected chi connectivity index (χ2v) is 16.3. The van der Waals surface area contributed by atoms with Crippen molar-refractivity contribution in [3.05, 3.63) is 71.2 Å². The van der Waals surface area contributed by atoms with Crippen LogP contribution in [0.1, 0.15) is 98.3 Å². The summed E-state index contributed by atoms with van der Waals surface area (Å²) in [5, 5.41) is 10.2. The van der Waals surface area contributed by atoms with Crippen molar-refractivity contribution in [1.29, 1.82) is 0 Å². The van der Waals surface area contributed by atoms with Crippen LogP contribution in [-0.2, 0) is 21.4 Å². The highest BCUT2D eigenvalue weighted by molar-refractivity contribution is 5.97. The van der Waals surface area contributed by atoms with Gasteiger partial charge in [-0.05, 0) is 102 Å². The first-order valence-electron chi connectivity index (χ1n) is 16.0. The quantitative estimate of drug-likeness (QED) is 0.394. The van der Waals surface area contributed by atoms with Crippen LogP contribution in [0.3, 0.4) is 0 Å². The van der Waals surface area contributed by atoms with Crippen molar-refractivity contribution in [2.45, 2.75) is 98.8 Å². The smallest absolute Gasteiger partial charge is 0.313 e. The molecular formula is C38H46O4. The number of fused-ring (bicyclic) bond motifs is 8. The van der Waals surface area contributed by atoms with E-state index in [1.54, 1.807) is 0 Å². The van der Waals surface area contributed by atoms with Crippen molar-refractivity contribution in [1.82, 2.24) is 0 Å². The topological polar surface area (TPSA) is 67.5 Å². The second-order valence-electron chi connectivity index (χ2n) is 16.3. The van der Waals surface area contributed by atoms with Gasteiger partial charge in [0.1, 0.15) is 5.76 Å². The summed E-state index contributed by atoms with van der Waals surface area (Å²) in [4.78, 5) is 27.1. The number of ketones is 1. The summed E-state index contributed by atoms with van der Waals surface area (Å²) in [5.41, 5.74) is 4.08. The molecule has 0 spiro atoms. The summed E-state index contributed by atoms with van der Waals surface area (Å²) in [7, 11) is 0. The number of hydrogen-bond acceptors (Lipinski definition) is 3. The van der Waals surface area contributed by atoms with Crippen LogP contribution in [0, 0.1) is 38.9 Å². The molecule has 4 nitrogen and oxygen atoms in total. The fraction of sp³-hybridized carbons (Fsp3) is 0.579. The molecule has 42 heavy (non-hydrogen) atoms. The lowest BCUT2D eigenvalue weighted by Gasteiger charge is -2.68. The fourth-order valence-corrected chi connectivity index (χ4v) is 11.1. The Bertz CT molecular complexity index is 1570. The van der Waals surface area contributed by atoms with E-state index in [1.807, 2.05) is 31.4 Å². The maximum absolute atomic E-state index is 14.7. The third-order valence-electron chi connectivity index (χ3n) is 13.7. The van der Waals surface area contributed by atoms with E-state index < -0.39 is 11.4 Å². The van der Waals surface area contributed by atoms with Crippen LogP contribution in [0.25, 0.3) is 11.1 Å². The number of furan rings is 1. The first-order chi connectivity index (χ1) is 19.6. The minimum Gasteiger partial charge on any atom is -0.481 e. The Labute approximate surface area is 250 Å². The first kappa shape index (κ1) is 27.9. The van der Waals surface area contributed by atoms with Crippen LogP contribution >= 0.6 is 0 Å². The monoisotopic (exact) mass is 566 g/mol. The van der Waals surface area contributed by atoms with Crippen LogP contribution in [0.15, 0.2) is 64.3 Å². The maximum atomic E-state index is 14.7. The van der Waals surface area contributed by atoms with E-state index in [2.05, 4.69) is 65.8 Å². The van der Waals surface area contributed by atoms with Crippen LogP contribution in [-0.4, -0.2) is 16.9 Å². The molecular weight excluding hydrogens is 520 g/mol. The highest BCUT2D eigenvalue weighted by Gasteiger charge is 2.69. The molecule has 7 rings (SSSR count). The van der Waals surface area contributed by atoms with Crippen molar-refractivity contribution in [3.8, 4) is 11.1 Å². The molecule has 2 aromatic rings. The number of carbonyl (C=O) groups is 2. The summed E-state index contributed by atoms with van der Waals surface area (Å²) < 4.78 is 6.40. The van der Waals surface area contributed by atoms with Gasteiger partial charge in [0.2, 0.25) is 0 Å². The number of hydrogen-bond donors (Lipinski definition) is 1. The average Bonchev–Trinajstić information content (AvgIpc) is 3.35. The molecule has 1 N–H and O–H groups in total. The van der Waals surface area contributed by atoms with Gasteiger partial charge in [0.05, 0.1) is 11.7 Å². The Balaban J connectivity index is 1.39. The van der Waals surface area contributed by atoms with E-state index >= 15 is 0 Å². The number of carboxylic acid groups (broad SMARTS) is 1. The van der Waals surface area contributed by atoms with Gasteiger partial charge >= 0.3 is 5.97 Å². The highest BCUT2D eigenvalue weighted by Crippen LogP contribution is 2.74. The molecule has 5 aliphatic carbocycles. The number of rotatable bonds is 2. The van der Waals surface area contributed by atoms with Crippen LogP contribution < -0.4 is 0 Å². The molecule has 0 amide bonds. The van der Waals surface area contributed by atoms with Gasteiger partial charge in [-0.15, -0.1) is 0 Å². The number of benzene rings is 1. The lowest BCUT2D eigenvalue weighted by molar-refractivity contribution is -0.165. The molecule has 0 aliphatic heterocycles. The molecule has 7 atom stereocenters. The third-order valence-corrected chi connectivity index (χ3v) is 13.7. The molecule has 2 fully saturated rings. The Kier molecular flexibility index (Phi) is 5.58. The number of carbonyl (C=O) groups excluding carboxylic acids is 1. The molecule has 5 aliphatic rings. The minimum absolute atomic E-state index is 0.0754. The van der Waals surface area contributed by atoms with Gasteiger partial charge in [0.15, 0.2) is 5.78 Å². The van der Waals surface area contributed by atoms with Crippen molar-refractivity contribution in [2.75, 3.05) is 0 Å². The molecule has 2 unspecified atom stereocenters. The normalized spacial score (nSPS) is 41.7. The number of allylic oxidation sites excluding steroid dienone is 3. The Morgan fingerprint density at radius 3 is 2.29 bits per heavy atom. The zero-order chi connectivity index (χ0) is 30.1. The predicted octanol–water partition coefficient (Wildman–Crippen LogP) is 8.95. The lowest BCUT2D eigenvalue weighted by Crippen LogP contribution is -2.65. The lowest BCUT2D eigenvalue weighted by atomic mass is 9.34. The average molecular weight is 567 g/mol. The van der Waals surface area contributed by atoms with E-state index in [4.69, 9.17) is 4.42 Å². The van der Waals surface area contributed by atoms with E-state index in [0.717, 1.165) is 61.0 Å². The fourth-order valence-electron chi connectivity index (χ4n) is 11.1. The number of carboxylic acids is 1. The molecule has 1 heterocycles. The zero-order valence-electron chi connectivity index (χ0n) is 26.4. The maximum Gasteiger partial charge on any atom is 0.313 e. The summed E-state index contributed by atoms with van der Waals surface area (Å²) >= 11 is 0. The third kappa shape index (κ3) is 3.30. The molecule has 0 bridgehead atoms. The molecule has 2 saturated carbocycles. The van der Waals surface area contributed by atoms with Gasteiger partial charge < -0.3 is 9.52 Å². The second kappa shape index (κ2) is 8.39. The minimum atomic E-state index is -0.892. The van der Waals surface area contributed by atoms with Crippen LogP contribution in [0.4, 0.5) is 0 Å². The Morgan fingerprint density at radius 1 is 0.905 bits per heavy atom. The summed E-state index contributed by atoms with van der Waals surface area (Å²) in [6.07, 6.45) is 12.4. The molecule has 1 aromatic carbocycles. The van der Waals surface area contributed by atoms with E-state index in [1.165, 1.54) is 11.1 Å². The highest BCUT2D eigenvalue weighted by atomic mass is 16.4. The van der Waals surface area contributed by atoms with Gasteiger partial charge in [0.25, 0.3) is 0 Å². The summed E-state index contributed by atoms with van der Waals surface area (Å²) in [6.45, 7) is 16.0. The SMILES string of the molecule is CC1(C)c2occ(-c3ccccc3)c2C[C@@]2(C)C1CC[C@]1(C)C2C(=O)C=C2C3=C[C@@](C)(C(=O)O)CC[C@]3(C)CC[C@]21C. The van der Waals surface area contributed by atoms with Crippen molar-refractivity contribution in [3.63, 3.8) is 0 Å². The van der Waals surface area contributed by atoms with E-state index in [0.29, 0.717) is 12.3 Å². The molecule has 222 valence electrons. The molecule has 0 saturated heterocycles. The molecule has 4 heteroatoms. The van der Waals surface area contributed by atoms with Crippen LogP contribution in [0.2, 0.25) is 0 Å². The summed E-state index contributed by atoms with van der Waals surface area (Å²) in [5.74, 6) is 0.785. The standard InChI is InChI=1S/C38H46O4/c1-33(2)29-13-14-38(7)30(36(29,5)20-24-25(22-42-31(24)33)23-11-9-8-10-12-23)28(39)19-26-27-21-35(4,32(40)41)16-15-34(27,3)17-18-37(26,38)6/h8-12,19,21-22,29-30H,13-18,20H2,1-7H3,(H,40,41)/t29?,30?,34-,35+,36+,37-,38-/m1/s1. The summed E-state index contributed by atoms with van der Waals surface area (Å²) in [6, 6.07) is 10.5. The van der Waals surface area contributed by atoms with Crippen molar-refractivity contribution >= 4 is 11.8 Å². The Morgan fingerprint density at radius 2 is 1.60 bits per heavy atom.